The van der Waals surface area contributed by atoms with Crippen LogP contribution in [0.2, 0.25) is 5.02 Å². The van der Waals surface area contributed by atoms with Crippen molar-refractivity contribution in [1.29, 1.82) is 0 Å². The molecule has 0 amide bonds. The van der Waals surface area contributed by atoms with Crippen molar-refractivity contribution in [3.05, 3.63) is 59.2 Å². The Hall–Kier alpha value is -2.27. The Morgan fingerprint density at radius 3 is 2.48 bits per heavy atom. The zero-order chi connectivity index (χ0) is 21.2. The first kappa shape index (κ1) is 21.4. The Morgan fingerprint density at radius 2 is 1.79 bits per heavy atom. The van der Waals surface area contributed by atoms with Crippen LogP contribution in [-0.4, -0.2) is 11.6 Å². The van der Waals surface area contributed by atoms with Crippen LogP contribution in [0.15, 0.2) is 48.7 Å². The van der Waals surface area contributed by atoms with Crippen molar-refractivity contribution in [2.45, 2.75) is 33.4 Å². The second-order valence-corrected chi connectivity index (χ2v) is 8.21. The van der Waals surface area contributed by atoms with E-state index in [1.807, 2.05) is 6.92 Å². The topological polar surface area (TPSA) is 22.1 Å². The quantitative estimate of drug-likeness (QED) is 0.408. The maximum absolute atomic E-state index is 13.7. The highest BCUT2D eigenvalue weighted by atomic mass is 35.5. The van der Waals surface area contributed by atoms with Crippen molar-refractivity contribution in [1.82, 2.24) is 4.98 Å². The molecule has 29 heavy (non-hydrogen) atoms. The number of hydrogen-bond acceptors (Lipinski definition) is 2. The maximum atomic E-state index is 13.7. The summed E-state index contributed by atoms with van der Waals surface area (Å²) in [5, 5.41) is 1.27. The lowest BCUT2D eigenvalue weighted by Crippen LogP contribution is -2.14. The van der Waals surface area contributed by atoms with Gasteiger partial charge in [0.05, 0.1) is 17.7 Å². The molecule has 0 radical (unpaired) electrons. The maximum Gasteiger partial charge on any atom is 0.419 e. The van der Waals surface area contributed by atoms with E-state index < -0.39 is 11.7 Å². The van der Waals surface area contributed by atoms with Crippen molar-refractivity contribution in [3.63, 3.8) is 0 Å². The molecule has 0 fully saturated rings. The SMILES string of the molecule is CC(C)CC(C)COc1ccc(-c2ccnc3cc(Cl)ccc23)cc1C(F)(F)F. The fraction of sp³-hybridized carbons (Fsp3) is 0.348. The number of benzene rings is 2. The van der Waals surface area contributed by atoms with Crippen molar-refractivity contribution in [3.8, 4) is 16.9 Å². The molecule has 0 aliphatic carbocycles. The van der Waals surface area contributed by atoms with Gasteiger partial charge in [0.1, 0.15) is 5.75 Å². The van der Waals surface area contributed by atoms with E-state index in [2.05, 4.69) is 18.8 Å². The summed E-state index contributed by atoms with van der Waals surface area (Å²) in [6.07, 6.45) is -2.05. The fourth-order valence-electron chi connectivity index (χ4n) is 3.52. The predicted octanol–water partition coefficient (Wildman–Crippen LogP) is 7.64. The first-order chi connectivity index (χ1) is 13.6. The average Bonchev–Trinajstić information content (AvgIpc) is 2.64. The Bertz CT molecular complexity index is 1000. The number of halogens is 4. The van der Waals surface area contributed by atoms with Crippen molar-refractivity contribution < 1.29 is 17.9 Å². The zero-order valence-corrected chi connectivity index (χ0v) is 17.3. The van der Waals surface area contributed by atoms with Gasteiger partial charge < -0.3 is 4.74 Å². The smallest absolute Gasteiger partial charge is 0.419 e. The lowest BCUT2D eigenvalue weighted by Gasteiger charge is -2.19. The van der Waals surface area contributed by atoms with Gasteiger partial charge >= 0.3 is 6.18 Å². The second-order valence-electron chi connectivity index (χ2n) is 7.77. The van der Waals surface area contributed by atoms with Crippen LogP contribution >= 0.6 is 11.6 Å². The van der Waals surface area contributed by atoms with Gasteiger partial charge in [-0.1, -0.05) is 44.5 Å². The molecule has 3 aromatic rings. The summed E-state index contributed by atoms with van der Waals surface area (Å²) >= 11 is 6.01. The molecule has 0 saturated heterocycles. The molecule has 0 spiro atoms. The summed E-state index contributed by atoms with van der Waals surface area (Å²) in [7, 11) is 0. The lowest BCUT2D eigenvalue weighted by atomic mass is 9.98. The number of rotatable bonds is 6. The third-order valence-corrected chi connectivity index (χ3v) is 4.93. The highest BCUT2D eigenvalue weighted by Crippen LogP contribution is 2.40. The molecule has 1 aromatic heterocycles. The first-order valence-electron chi connectivity index (χ1n) is 9.54. The van der Waals surface area contributed by atoms with Crippen LogP contribution in [0, 0.1) is 11.8 Å². The number of alkyl halides is 3. The molecular weight excluding hydrogens is 399 g/mol. The van der Waals surface area contributed by atoms with Crippen LogP contribution in [0.3, 0.4) is 0 Å². The van der Waals surface area contributed by atoms with Crippen molar-refractivity contribution >= 4 is 22.5 Å². The molecule has 154 valence electrons. The van der Waals surface area contributed by atoms with Crippen LogP contribution in [0.4, 0.5) is 13.2 Å². The van der Waals surface area contributed by atoms with Crippen LogP contribution in [0.5, 0.6) is 5.75 Å². The molecule has 0 aliphatic rings. The normalized spacial score (nSPS) is 13.1. The molecule has 0 saturated carbocycles. The van der Waals surface area contributed by atoms with Gasteiger partial charge in [0.25, 0.3) is 0 Å². The number of nitrogens with zero attached hydrogens (tertiary/aromatic N) is 1. The van der Waals surface area contributed by atoms with Gasteiger partial charge in [-0.05, 0) is 59.7 Å². The van der Waals surface area contributed by atoms with Crippen molar-refractivity contribution in [2.24, 2.45) is 11.8 Å². The standard InChI is InChI=1S/C23H23ClF3NO/c1-14(2)10-15(3)13-29-22-7-4-16(11-20(22)23(25,26)27)18-8-9-28-21-12-17(24)5-6-19(18)21/h4-9,11-12,14-15H,10,13H2,1-3H3. The summed E-state index contributed by atoms with van der Waals surface area (Å²) < 4.78 is 46.8. The monoisotopic (exact) mass is 421 g/mol. The molecular formula is C23H23ClF3NO. The summed E-state index contributed by atoms with van der Waals surface area (Å²) in [6.45, 7) is 6.39. The largest absolute Gasteiger partial charge is 0.493 e. The van der Waals surface area contributed by atoms with Crippen LogP contribution in [0.1, 0.15) is 32.8 Å². The minimum atomic E-state index is -4.52. The van der Waals surface area contributed by atoms with Crippen LogP contribution in [-0.2, 0) is 6.18 Å². The lowest BCUT2D eigenvalue weighted by molar-refractivity contribution is -0.139. The van der Waals surface area contributed by atoms with Gasteiger partial charge in [0, 0.05) is 16.6 Å². The number of pyridine rings is 1. The molecule has 0 bridgehead atoms. The van der Waals surface area contributed by atoms with Crippen molar-refractivity contribution in [2.75, 3.05) is 6.61 Å². The molecule has 0 N–H and O–H groups in total. The van der Waals surface area contributed by atoms with E-state index in [-0.39, 0.29) is 18.3 Å². The van der Waals surface area contributed by atoms with E-state index in [1.54, 1.807) is 36.5 Å². The Labute approximate surface area is 173 Å². The zero-order valence-electron chi connectivity index (χ0n) is 16.6. The molecule has 1 unspecified atom stereocenters. The molecule has 2 nitrogen and oxygen atoms in total. The summed E-state index contributed by atoms with van der Waals surface area (Å²) in [5.41, 5.74) is 0.976. The third-order valence-electron chi connectivity index (χ3n) is 4.70. The molecule has 1 atom stereocenters. The van der Waals surface area contributed by atoms with Gasteiger partial charge in [0.2, 0.25) is 0 Å². The average molecular weight is 422 g/mol. The number of ether oxygens (including phenoxy) is 1. The van der Waals surface area contributed by atoms with E-state index in [0.717, 1.165) is 17.9 Å². The minimum Gasteiger partial charge on any atom is -0.493 e. The third kappa shape index (κ3) is 5.21. The minimum absolute atomic E-state index is 0.140. The Kier molecular flexibility index (Phi) is 6.37. The van der Waals surface area contributed by atoms with Crippen LogP contribution < -0.4 is 4.74 Å². The van der Waals surface area contributed by atoms with Crippen LogP contribution in [0.25, 0.3) is 22.0 Å². The van der Waals surface area contributed by atoms with E-state index in [1.165, 1.54) is 6.07 Å². The molecule has 0 aliphatic heterocycles. The molecule has 2 aromatic carbocycles. The summed E-state index contributed by atoms with van der Waals surface area (Å²) in [6, 6.07) is 11.1. The van der Waals surface area contributed by atoms with Gasteiger partial charge in [0.15, 0.2) is 0 Å². The van der Waals surface area contributed by atoms with Gasteiger partial charge in [-0.15, -0.1) is 0 Å². The fourth-order valence-corrected chi connectivity index (χ4v) is 3.69. The van der Waals surface area contributed by atoms with Gasteiger partial charge in [-0.2, -0.15) is 13.2 Å². The van der Waals surface area contributed by atoms with Gasteiger partial charge in [-0.3, -0.25) is 4.98 Å². The number of hydrogen-bond donors (Lipinski definition) is 0. The summed E-state index contributed by atoms with van der Waals surface area (Å²) in [5.74, 6) is 0.495. The van der Waals surface area contributed by atoms with E-state index in [4.69, 9.17) is 16.3 Å². The number of aromatic nitrogens is 1. The Balaban J connectivity index is 1.99. The van der Waals surface area contributed by atoms with Gasteiger partial charge in [-0.25, -0.2) is 0 Å². The molecule has 6 heteroatoms. The van der Waals surface area contributed by atoms with E-state index >= 15 is 0 Å². The Morgan fingerprint density at radius 1 is 1.03 bits per heavy atom. The summed E-state index contributed by atoms with van der Waals surface area (Å²) in [4.78, 5) is 4.26. The second kappa shape index (κ2) is 8.62. The van der Waals surface area contributed by atoms with E-state index in [9.17, 15) is 13.2 Å². The number of fused-ring (bicyclic) bond motifs is 1. The first-order valence-corrected chi connectivity index (χ1v) is 9.91. The molecule has 1 heterocycles. The highest BCUT2D eigenvalue weighted by Gasteiger charge is 2.35. The highest BCUT2D eigenvalue weighted by molar-refractivity contribution is 6.31. The molecule has 3 rings (SSSR count). The van der Waals surface area contributed by atoms with E-state index in [0.29, 0.717) is 27.6 Å². The predicted molar refractivity (Wildman–Crippen MR) is 111 cm³/mol.